The molecule has 0 saturated carbocycles. The second kappa shape index (κ2) is 6.72. The van der Waals surface area contributed by atoms with Crippen molar-refractivity contribution in [3.05, 3.63) is 29.8 Å². The molecule has 5 heteroatoms. The van der Waals surface area contributed by atoms with Gasteiger partial charge in [0.15, 0.2) is 0 Å². The van der Waals surface area contributed by atoms with Gasteiger partial charge in [-0.3, -0.25) is 4.79 Å². The Hall–Kier alpha value is -1.59. The molecule has 110 valence electrons. The zero-order valence-electron chi connectivity index (χ0n) is 12.0. The maximum absolute atomic E-state index is 12.3. The molecule has 0 aromatic heterocycles. The van der Waals surface area contributed by atoms with Crippen molar-refractivity contribution in [2.24, 2.45) is 5.73 Å². The molecule has 0 bridgehead atoms. The lowest BCUT2D eigenvalue weighted by Gasteiger charge is -2.34. The number of hydrogen-bond donors (Lipinski definition) is 1. The van der Waals surface area contributed by atoms with E-state index in [1.54, 1.807) is 7.11 Å². The van der Waals surface area contributed by atoms with Crippen LogP contribution in [0.15, 0.2) is 24.3 Å². The van der Waals surface area contributed by atoms with Crippen LogP contribution in [0.3, 0.4) is 0 Å². The van der Waals surface area contributed by atoms with Crippen molar-refractivity contribution in [3.63, 3.8) is 0 Å². The van der Waals surface area contributed by atoms with Gasteiger partial charge in [0.1, 0.15) is 5.75 Å². The molecule has 0 spiro atoms. The molecule has 1 aliphatic heterocycles. The Morgan fingerprint density at radius 1 is 1.60 bits per heavy atom. The molecule has 0 radical (unpaired) electrons. The van der Waals surface area contributed by atoms with Crippen molar-refractivity contribution in [3.8, 4) is 5.75 Å². The summed E-state index contributed by atoms with van der Waals surface area (Å²) in [4.78, 5) is 14.2. The molecule has 1 aromatic carbocycles. The Balaban J connectivity index is 1.97. The van der Waals surface area contributed by atoms with E-state index in [1.807, 2.05) is 36.1 Å². The highest BCUT2D eigenvalue weighted by Crippen LogP contribution is 2.15. The van der Waals surface area contributed by atoms with Gasteiger partial charge in [-0.15, -0.1) is 0 Å². The van der Waals surface area contributed by atoms with E-state index in [0.717, 1.165) is 11.3 Å². The van der Waals surface area contributed by atoms with Crippen LogP contribution in [0.4, 0.5) is 0 Å². The summed E-state index contributed by atoms with van der Waals surface area (Å²) in [5.41, 5.74) is 6.80. The van der Waals surface area contributed by atoms with Crippen LogP contribution in [-0.4, -0.2) is 49.8 Å². The molecule has 2 N–H and O–H groups in total. The van der Waals surface area contributed by atoms with Crippen molar-refractivity contribution in [1.29, 1.82) is 0 Å². The number of methoxy groups -OCH3 is 1. The monoisotopic (exact) mass is 278 g/mol. The summed E-state index contributed by atoms with van der Waals surface area (Å²) >= 11 is 0. The number of nitrogens with two attached hydrogens (primary N) is 1. The molecule has 1 aromatic rings. The minimum Gasteiger partial charge on any atom is -0.497 e. The van der Waals surface area contributed by atoms with E-state index in [1.165, 1.54) is 0 Å². The van der Waals surface area contributed by atoms with Crippen LogP contribution in [0.5, 0.6) is 5.75 Å². The molecule has 2 atom stereocenters. The highest BCUT2D eigenvalue weighted by atomic mass is 16.5. The van der Waals surface area contributed by atoms with Crippen molar-refractivity contribution in [2.45, 2.75) is 25.5 Å². The Morgan fingerprint density at radius 3 is 3.10 bits per heavy atom. The van der Waals surface area contributed by atoms with Crippen molar-refractivity contribution in [1.82, 2.24) is 4.90 Å². The summed E-state index contributed by atoms with van der Waals surface area (Å²) < 4.78 is 10.7. The fourth-order valence-electron chi connectivity index (χ4n) is 2.29. The number of benzene rings is 1. The molecule has 1 fully saturated rings. The largest absolute Gasteiger partial charge is 0.497 e. The van der Waals surface area contributed by atoms with Crippen LogP contribution in [0, 0.1) is 0 Å². The summed E-state index contributed by atoms with van der Waals surface area (Å²) in [5.74, 6) is 0.873. The van der Waals surface area contributed by atoms with E-state index < -0.39 is 0 Å². The molecule has 2 rings (SSSR count). The Bertz CT molecular complexity index is 462. The maximum Gasteiger partial charge on any atom is 0.227 e. The van der Waals surface area contributed by atoms with Gasteiger partial charge in [0.05, 0.1) is 26.2 Å². The smallest absolute Gasteiger partial charge is 0.227 e. The van der Waals surface area contributed by atoms with Crippen molar-refractivity contribution in [2.75, 3.05) is 26.8 Å². The Morgan fingerprint density at radius 2 is 2.40 bits per heavy atom. The quantitative estimate of drug-likeness (QED) is 0.885. The van der Waals surface area contributed by atoms with E-state index in [2.05, 4.69) is 0 Å². The molecule has 1 saturated heterocycles. The summed E-state index contributed by atoms with van der Waals surface area (Å²) in [7, 11) is 1.62. The third-order valence-electron chi connectivity index (χ3n) is 3.52. The number of carbonyl (C=O) groups excluding carboxylic acids is 1. The third-order valence-corrected chi connectivity index (χ3v) is 3.52. The van der Waals surface area contributed by atoms with E-state index in [-0.39, 0.29) is 18.1 Å². The van der Waals surface area contributed by atoms with Crippen molar-refractivity contribution >= 4 is 5.91 Å². The second-order valence-electron chi connectivity index (χ2n) is 5.14. The molecule has 2 unspecified atom stereocenters. The zero-order chi connectivity index (χ0) is 14.5. The van der Waals surface area contributed by atoms with Crippen molar-refractivity contribution < 1.29 is 14.3 Å². The highest BCUT2D eigenvalue weighted by molar-refractivity contribution is 5.79. The van der Waals surface area contributed by atoms with Crippen LogP contribution in [0.25, 0.3) is 0 Å². The average molecular weight is 278 g/mol. The molecule has 1 heterocycles. The fourth-order valence-corrected chi connectivity index (χ4v) is 2.29. The maximum atomic E-state index is 12.3. The summed E-state index contributed by atoms with van der Waals surface area (Å²) in [6, 6.07) is 7.52. The van der Waals surface area contributed by atoms with E-state index in [9.17, 15) is 4.79 Å². The predicted molar refractivity (Wildman–Crippen MR) is 76.7 cm³/mol. The summed E-state index contributed by atoms with van der Waals surface area (Å²) in [6.45, 7) is 3.66. The standard InChI is InChI=1S/C15H22N2O3/c1-11(16)14-10-17(6-7-20-14)15(18)9-12-4-3-5-13(8-12)19-2/h3-5,8,11,14H,6-7,9-10,16H2,1-2H3. The van der Waals surface area contributed by atoms with Crippen LogP contribution in [-0.2, 0) is 16.0 Å². The molecule has 5 nitrogen and oxygen atoms in total. The summed E-state index contributed by atoms with van der Waals surface area (Å²) in [6.07, 6.45) is 0.307. The van der Waals surface area contributed by atoms with Crippen LogP contribution < -0.4 is 10.5 Å². The first-order chi connectivity index (χ1) is 9.60. The first-order valence-corrected chi connectivity index (χ1v) is 6.88. The van der Waals surface area contributed by atoms with Crippen LogP contribution in [0.2, 0.25) is 0 Å². The van der Waals surface area contributed by atoms with E-state index in [4.69, 9.17) is 15.2 Å². The molecule has 20 heavy (non-hydrogen) atoms. The number of rotatable bonds is 4. The summed E-state index contributed by atoms with van der Waals surface area (Å²) in [5, 5.41) is 0. The molecule has 1 aliphatic rings. The van der Waals surface area contributed by atoms with Gasteiger partial charge >= 0.3 is 0 Å². The van der Waals surface area contributed by atoms with Gasteiger partial charge < -0.3 is 20.1 Å². The number of carbonyl (C=O) groups is 1. The Kier molecular flexibility index (Phi) is 4.98. The lowest BCUT2D eigenvalue weighted by molar-refractivity contribution is -0.138. The first kappa shape index (κ1) is 14.8. The Labute approximate surface area is 119 Å². The average Bonchev–Trinajstić information content (AvgIpc) is 2.47. The minimum absolute atomic E-state index is 0.0672. The van der Waals surface area contributed by atoms with Gasteiger partial charge in [-0.1, -0.05) is 12.1 Å². The van der Waals surface area contributed by atoms with Gasteiger partial charge in [-0.05, 0) is 24.6 Å². The number of morpholine rings is 1. The zero-order valence-corrected chi connectivity index (χ0v) is 12.0. The van der Waals surface area contributed by atoms with Gasteiger partial charge in [-0.25, -0.2) is 0 Å². The van der Waals surface area contributed by atoms with E-state index >= 15 is 0 Å². The number of hydrogen-bond acceptors (Lipinski definition) is 4. The molecular weight excluding hydrogens is 256 g/mol. The SMILES string of the molecule is COc1cccc(CC(=O)N2CCOC(C(C)N)C2)c1. The first-order valence-electron chi connectivity index (χ1n) is 6.88. The number of ether oxygens (including phenoxy) is 2. The van der Waals surface area contributed by atoms with Gasteiger partial charge in [-0.2, -0.15) is 0 Å². The van der Waals surface area contributed by atoms with Gasteiger partial charge in [0, 0.05) is 19.1 Å². The molecule has 0 aliphatic carbocycles. The lowest BCUT2D eigenvalue weighted by atomic mass is 10.1. The predicted octanol–water partition coefficient (Wildman–Crippen LogP) is 0.812. The van der Waals surface area contributed by atoms with Gasteiger partial charge in [0.25, 0.3) is 0 Å². The van der Waals surface area contributed by atoms with Crippen LogP contribution in [0.1, 0.15) is 12.5 Å². The molecule has 1 amide bonds. The molecular formula is C15H22N2O3. The minimum atomic E-state index is -0.0713. The number of nitrogens with zero attached hydrogens (tertiary/aromatic N) is 1. The van der Waals surface area contributed by atoms with E-state index in [0.29, 0.717) is 26.1 Å². The second-order valence-corrected chi connectivity index (χ2v) is 5.14. The van der Waals surface area contributed by atoms with Crippen LogP contribution >= 0.6 is 0 Å². The number of amides is 1. The normalized spacial score (nSPS) is 20.6. The third kappa shape index (κ3) is 3.71. The lowest BCUT2D eigenvalue weighted by Crippen LogP contribution is -2.51. The van der Waals surface area contributed by atoms with Gasteiger partial charge in [0.2, 0.25) is 5.91 Å². The topological polar surface area (TPSA) is 64.8 Å². The fraction of sp³-hybridized carbons (Fsp3) is 0.533. The highest BCUT2D eigenvalue weighted by Gasteiger charge is 2.26.